The van der Waals surface area contributed by atoms with Gasteiger partial charge in [0.25, 0.3) is 0 Å². The van der Waals surface area contributed by atoms with Gasteiger partial charge in [-0.3, -0.25) is 0 Å². The Kier molecular flexibility index (Phi) is 5.25. The van der Waals surface area contributed by atoms with Crippen LogP contribution in [0.15, 0.2) is 24.5 Å². The van der Waals surface area contributed by atoms with Crippen LogP contribution in [-0.4, -0.2) is 30.2 Å². The van der Waals surface area contributed by atoms with Gasteiger partial charge in [0.2, 0.25) is 0 Å². The number of nitrogens with one attached hydrogen (secondary N) is 2. The number of hydrogen-bond acceptors (Lipinski definition) is 6. The molecule has 0 atom stereocenters. The average molecular weight is 349 g/mol. The van der Waals surface area contributed by atoms with Crippen LogP contribution in [0.1, 0.15) is 25.7 Å². The summed E-state index contributed by atoms with van der Waals surface area (Å²) in [6, 6.07) is 5.88. The number of hydrogen-bond donors (Lipinski definition) is 2. The van der Waals surface area contributed by atoms with E-state index in [4.69, 9.17) is 21.1 Å². The summed E-state index contributed by atoms with van der Waals surface area (Å²) < 4.78 is 10.6. The number of methoxy groups -OCH3 is 2. The summed E-state index contributed by atoms with van der Waals surface area (Å²) in [4.78, 5) is 8.57. The van der Waals surface area contributed by atoms with Gasteiger partial charge in [0.05, 0.1) is 24.9 Å². The van der Waals surface area contributed by atoms with Crippen molar-refractivity contribution in [2.75, 3.05) is 24.9 Å². The van der Waals surface area contributed by atoms with Crippen molar-refractivity contribution in [2.24, 2.45) is 0 Å². The quantitative estimate of drug-likeness (QED) is 0.813. The molecular weight excluding hydrogens is 328 g/mol. The van der Waals surface area contributed by atoms with E-state index in [1.165, 1.54) is 25.7 Å². The van der Waals surface area contributed by atoms with Gasteiger partial charge in [-0.2, -0.15) is 0 Å². The fraction of sp³-hybridized carbons (Fsp3) is 0.412. The summed E-state index contributed by atoms with van der Waals surface area (Å²) in [5.41, 5.74) is 0.726. The molecule has 0 radical (unpaired) electrons. The van der Waals surface area contributed by atoms with Crippen LogP contribution in [0.25, 0.3) is 0 Å². The predicted molar refractivity (Wildman–Crippen MR) is 95.7 cm³/mol. The third-order valence-electron chi connectivity index (χ3n) is 4.11. The molecule has 3 rings (SSSR count). The molecule has 0 spiro atoms. The van der Waals surface area contributed by atoms with E-state index in [2.05, 4.69) is 20.6 Å². The fourth-order valence-corrected chi connectivity index (χ4v) is 3.11. The lowest BCUT2D eigenvalue weighted by molar-refractivity contribution is 0.405. The number of rotatable bonds is 6. The van der Waals surface area contributed by atoms with E-state index >= 15 is 0 Å². The van der Waals surface area contributed by atoms with Gasteiger partial charge in [0.15, 0.2) is 0 Å². The average Bonchev–Trinajstić information content (AvgIpc) is 3.09. The zero-order valence-electron chi connectivity index (χ0n) is 13.8. The minimum absolute atomic E-state index is 0.492. The molecule has 1 saturated carbocycles. The number of aromatic nitrogens is 2. The van der Waals surface area contributed by atoms with E-state index in [1.54, 1.807) is 32.7 Å². The summed E-state index contributed by atoms with van der Waals surface area (Å²) in [6.45, 7) is 0. The molecule has 1 aliphatic carbocycles. The highest BCUT2D eigenvalue weighted by Crippen LogP contribution is 2.37. The molecule has 2 N–H and O–H groups in total. The van der Waals surface area contributed by atoms with Crippen LogP contribution in [0, 0.1) is 0 Å². The van der Waals surface area contributed by atoms with Gasteiger partial charge in [-0.1, -0.05) is 24.4 Å². The lowest BCUT2D eigenvalue weighted by Gasteiger charge is -2.15. The second-order valence-corrected chi connectivity index (χ2v) is 6.13. The molecule has 1 fully saturated rings. The van der Waals surface area contributed by atoms with E-state index in [0.29, 0.717) is 28.4 Å². The van der Waals surface area contributed by atoms with Crippen LogP contribution >= 0.6 is 11.6 Å². The molecule has 0 unspecified atom stereocenters. The van der Waals surface area contributed by atoms with Crippen molar-refractivity contribution >= 4 is 28.9 Å². The Morgan fingerprint density at radius 2 is 1.71 bits per heavy atom. The summed E-state index contributed by atoms with van der Waals surface area (Å²) in [6.07, 6.45) is 6.47. The monoisotopic (exact) mass is 348 g/mol. The van der Waals surface area contributed by atoms with Gasteiger partial charge < -0.3 is 20.1 Å². The Labute approximate surface area is 146 Å². The minimum Gasteiger partial charge on any atom is -0.495 e. The van der Waals surface area contributed by atoms with Crippen molar-refractivity contribution in [3.05, 3.63) is 29.5 Å². The molecule has 0 aliphatic heterocycles. The van der Waals surface area contributed by atoms with E-state index in [1.807, 2.05) is 6.07 Å². The normalized spacial score (nSPS) is 14.5. The van der Waals surface area contributed by atoms with Crippen LogP contribution in [0.2, 0.25) is 5.02 Å². The van der Waals surface area contributed by atoms with E-state index in [-0.39, 0.29) is 0 Å². The van der Waals surface area contributed by atoms with Gasteiger partial charge in [-0.15, -0.1) is 0 Å². The molecule has 0 saturated heterocycles. The maximum Gasteiger partial charge on any atom is 0.144 e. The molecule has 24 heavy (non-hydrogen) atoms. The number of anilines is 3. The van der Waals surface area contributed by atoms with Gasteiger partial charge in [0, 0.05) is 24.2 Å². The first kappa shape index (κ1) is 16.6. The third kappa shape index (κ3) is 3.82. The van der Waals surface area contributed by atoms with Crippen molar-refractivity contribution in [1.82, 2.24) is 9.97 Å². The largest absolute Gasteiger partial charge is 0.495 e. The fourth-order valence-electron chi connectivity index (χ4n) is 2.88. The lowest BCUT2D eigenvalue weighted by atomic mass is 10.2. The van der Waals surface area contributed by atoms with Crippen LogP contribution < -0.4 is 20.1 Å². The zero-order valence-corrected chi connectivity index (χ0v) is 14.6. The lowest BCUT2D eigenvalue weighted by Crippen LogP contribution is -2.15. The van der Waals surface area contributed by atoms with Crippen LogP contribution in [-0.2, 0) is 0 Å². The number of halogens is 1. The highest BCUT2D eigenvalue weighted by Gasteiger charge is 2.15. The Bertz CT molecular complexity index is 705. The molecule has 1 aliphatic rings. The zero-order chi connectivity index (χ0) is 16.9. The summed E-state index contributed by atoms with van der Waals surface area (Å²) in [7, 11) is 3.17. The number of nitrogens with zero attached hydrogens (tertiary/aromatic N) is 2. The smallest absolute Gasteiger partial charge is 0.144 e. The van der Waals surface area contributed by atoms with Crippen LogP contribution in [0.3, 0.4) is 0 Å². The first-order valence-electron chi connectivity index (χ1n) is 7.96. The minimum atomic E-state index is 0.492. The van der Waals surface area contributed by atoms with Gasteiger partial charge in [-0.25, -0.2) is 9.97 Å². The van der Waals surface area contributed by atoms with Crippen molar-refractivity contribution in [2.45, 2.75) is 31.7 Å². The first-order valence-corrected chi connectivity index (χ1v) is 8.34. The van der Waals surface area contributed by atoms with Gasteiger partial charge >= 0.3 is 0 Å². The van der Waals surface area contributed by atoms with Crippen molar-refractivity contribution in [1.29, 1.82) is 0 Å². The third-order valence-corrected chi connectivity index (χ3v) is 4.41. The van der Waals surface area contributed by atoms with Crippen molar-refractivity contribution in [3.8, 4) is 11.5 Å². The van der Waals surface area contributed by atoms with E-state index in [9.17, 15) is 0 Å². The van der Waals surface area contributed by atoms with Crippen LogP contribution in [0.4, 0.5) is 17.3 Å². The highest BCUT2D eigenvalue weighted by atomic mass is 35.5. The van der Waals surface area contributed by atoms with Gasteiger partial charge in [0.1, 0.15) is 29.5 Å². The molecule has 6 nitrogen and oxygen atoms in total. The second kappa shape index (κ2) is 7.57. The van der Waals surface area contributed by atoms with Crippen LogP contribution in [0.5, 0.6) is 11.5 Å². The maximum absolute atomic E-state index is 6.14. The van der Waals surface area contributed by atoms with E-state index < -0.39 is 0 Å². The second-order valence-electron chi connectivity index (χ2n) is 5.73. The molecule has 128 valence electrons. The maximum atomic E-state index is 6.14. The number of ether oxygens (including phenoxy) is 2. The first-order chi connectivity index (χ1) is 11.7. The predicted octanol–water partition coefficient (Wildman–Crippen LogP) is 4.25. The van der Waals surface area contributed by atoms with E-state index in [0.717, 1.165) is 11.5 Å². The molecule has 2 aromatic rings. The standard InChI is InChI=1S/C17H21ClN4O2/c1-23-14-8-13(15(24-2)7-12(14)18)22-17-9-16(19-10-20-17)21-11-5-3-4-6-11/h7-11H,3-6H2,1-2H3,(H2,19,20,21,22). The molecule has 1 aromatic heterocycles. The molecule has 7 heteroatoms. The van der Waals surface area contributed by atoms with Gasteiger partial charge in [-0.05, 0) is 12.8 Å². The topological polar surface area (TPSA) is 68.3 Å². The number of benzene rings is 1. The molecule has 1 aromatic carbocycles. The Morgan fingerprint density at radius 3 is 2.42 bits per heavy atom. The highest BCUT2D eigenvalue weighted by molar-refractivity contribution is 6.32. The van der Waals surface area contributed by atoms with Crippen molar-refractivity contribution in [3.63, 3.8) is 0 Å². The SMILES string of the molecule is COc1cc(Nc2cc(NC3CCCC3)ncn2)c(OC)cc1Cl. The Hall–Kier alpha value is -2.21. The Balaban J connectivity index is 1.80. The summed E-state index contributed by atoms with van der Waals surface area (Å²) in [5, 5.41) is 7.19. The molecule has 0 bridgehead atoms. The molecule has 1 heterocycles. The van der Waals surface area contributed by atoms with Crippen molar-refractivity contribution < 1.29 is 9.47 Å². The molecule has 0 amide bonds. The molecular formula is C17H21ClN4O2. The Morgan fingerprint density at radius 1 is 1.00 bits per heavy atom. The summed E-state index contributed by atoms with van der Waals surface area (Å²) in [5.74, 6) is 2.68. The summed E-state index contributed by atoms with van der Waals surface area (Å²) >= 11 is 6.14.